The molecule has 198 valence electrons. The molecule has 0 amide bonds. The molecule has 1 aliphatic heterocycles. The van der Waals surface area contributed by atoms with Crippen LogP contribution in [0.5, 0.6) is 11.5 Å². The number of aliphatic carboxylic acids is 1. The van der Waals surface area contributed by atoms with Crippen LogP contribution in [0, 0.1) is 6.92 Å². The molecule has 0 saturated heterocycles. The molecule has 0 saturated carbocycles. The SMILES string of the molecule is CCOC(=O)C1=C(C)N=c2s/c(=C/c3cc(Br)c(OCC(=O)O)c(OC)c3)c(=O)n2[C@@H]1c1ccc(C)cc1. The lowest BCUT2D eigenvalue weighted by Gasteiger charge is -2.24. The normalized spacial score (nSPS) is 15.1. The number of ether oxygens (including phenoxy) is 3. The van der Waals surface area contributed by atoms with E-state index >= 15 is 0 Å². The summed E-state index contributed by atoms with van der Waals surface area (Å²) in [5.41, 5.74) is 2.94. The van der Waals surface area contributed by atoms with Crippen molar-refractivity contribution in [3.05, 3.63) is 88.5 Å². The lowest BCUT2D eigenvalue weighted by molar-refractivity contribution is -0.140. The van der Waals surface area contributed by atoms with E-state index in [1.54, 1.807) is 32.1 Å². The van der Waals surface area contributed by atoms with Crippen LogP contribution in [0.3, 0.4) is 0 Å². The molecule has 0 bridgehead atoms. The Balaban J connectivity index is 1.88. The fourth-order valence-electron chi connectivity index (χ4n) is 4.10. The van der Waals surface area contributed by atoms with Crippen LogP contribution in [0.2, 0.25) is 0 Å². The second-order valence-electron chi connectivity index (χ2n) is 8.43. The van der Waals surface area contributed by atoms with Gasteiger partial charge in [-0.05, 0) is 66.0 Å². The number of esters is 1. The molecule has 0 spiro atoms. The number of carbonyl (C=O) groups excluding carboxylic acids is 1. The van der Waals surface area contributed by atoms with Gasteiger partial charge in [-0.2, -0.15) is 0 Å². The maximum absolute atomic E-state index is 13.8. The molecule has 0 aliphatic carbocycles. The van der Waals surface area contributed by atoms with Crippen LogP contribution >= 0.6 is 27.3 Å². The van der Waals surface area contributed by atoms with E-state index in [9.17, 15) is 14.4 Å². The number of benzene rings is 2. The second kappa shape index (κ2) is 11.4. The predicted octanol–water partition coefficient (Wildman–Crippen LogP) is 3.34. The first-order chi connectivity index (χ1) is 18.1. The zero-order valence-corrected chi connectivity index (χ0v) is 23.5. The fourth-order valence-corrected chi connectivity index (χ4v) is 5.72. The minimum Gasteiger partial charge on any atom is -0.493 e. The van der Waals surface area contributed by atoms with E-state index in [4.69, 9.17) is 19.3 Å². The molecule has 38 heavy (non-hydrogen) atoms. The highest BCUT2D eigenvalue weighted by molar-refractivity contribution is 9.10. The third-order valence-electron chi connectivity index (χ3n) is 5.80. The van der Waals surface area contributed by atoms with E-state index in [2.05, 4.69) is 20.9 Å². The number of rotatable bonds is 8. The first-order valence-electron chi connectivity index (χ1n) is 11.6. The van der Waals surface area contributed by atoms with Crippen molar-refractivity contribution in [2.45, 2.75) is 26.8 Å². The van der Waals surface area contributed by atoms with Crippen molar-refractivity contribution < 1.29 is 28.9 Å². The summed E-state index contributed by atoms with van der Waals surface area (Å²) in [6.07, 6.45) is 1.69. The zero-order chi connectivity index (χ0) is 27.6. The average Bonchev–Trinajstić information content (AvgIpc) is 3.16. The van der Waals surface area contributed by atoms with Gasteiger partial charge in [0.25, 0.3) is 5.56 Å². The first-order valence-corrected chi connectivity index (χ1v) is 13.2. The van der Waals surface area contributed by atoms with Gasteiger partial charge in [0, 0.05) is 0 Å². The number of fused-ring (bicyclic) bond motifs is 1. The van der Waals surface area contributed by atoms with E-state index < -0.39 is 24.6 Å². The lowest BCUT2D eigenvalue weighted by Crippen LogP contribution is -2.39. The quantitative estimate of drug-likeness (QED) is 0.394. The number of allylic oxidation sites excluding steroid dienone is 1. The maximum Gasteiger partial charge on any atom is 0.341 e. The van der Waals surface area contributed by atoms with Crippen LogP contribution in [-0.2, 0) is 14.3 Å². The fraction of sp³-hybridized carbons (Fsp3) is 0.259. The minimum absolute atomic E-state index is 0.198. The Hall–Kier alpha value is -3.70. The third-order valence-corrected chi connectivity index (χ3v) is 7.37. The number of halogens is 1. The van der Waals surface area contributed by atoms with Gasteiger partial charge in [0.2, 0.25) is 0 Å². The van der Waals surface area contributed by atoms with Gasteiger partial charge in [-0.3, -0.25) is 9.36 Å². The van der Waals surface area contributed by atoms with Gasteiger partial charge in [-0.1, -0.05) is 41.2 Å². The molecule has 0 radical (unpaired) electrons. The number of methoxy groups -OCH3 is 1. The van der Waals surface area contributed by atoms with E-state index in [0.717, 1.165) is 11.1 Å². The van der Waals surface area contributed by atoms with Gasteiger partial charge in [0.15, 0.2) is 22.9 Å². The molecule has 2 heterocycles. The van der Waals surface area contributed by atoms with Crippen molar-refractivity contribution in [3.8, 4) is 11.5 Å². The summed E-state index contributed by atoms with van der Waals surface area (Å²) in [5, 5.41) is 8.94. The monoisotopic (exact) mass is 600 g/mol. The number of hydrogen-bond acceptors (Lipinski definition) is 8. The van der Waals surface area contributed by atoms with Crippen molar-refractivity contribution >= 4 is 45.3 Å². The number of hydrogen-bond donors (Lipinski definition) is 1. The molecule has 2 aromatic carbocycles. The molecule has 3 aromatic rings. The summed E-state index contributed by atoms with van der Waals surface area (Å²) in [4.78, 5) is 42.7. The number of thiazole rings is 1. The minimum atomic E-state index is -1.12. The Morgan fingerprint density at radius 3 is 2.55 bits per heavy atom. The number of carboxylic acid groups (broad SMARTS) is 1. The highest BCUT2D eigenvalue weighted by Crippen LogP contribution is 2.37. The predicted molar refractivity (Wildman–Crippen MR) is 145 cm³/mol. The van der Waals surface area contributed by atoms with Gasteiger partial charge < -0.3 is 19.3 Å². The van der Waals surface area contributed by atoms with Crippen molar-refractivity contribution in [2.24, 2.45) is 4.99 Å². The van der Waals surface area contributed by atoms with Crippen molar-refractivity contribution in [2.75, 3.05) is 20.3 Å². The van der Waals surface area contributed by atoms with Gasteiger partial charge in [-0.15, -0.1) is 0 Å². The van der Waals surface area contributed by atoms with Crippen LogP contribution in [-0.4, -0.2) is 41.9 Å². The van der Waals surface area contributed by atoms with Crippen molar-refractivity contribution in [1.29, 1.82) is 0 Å². The van der Waals surface area contributed by atoms with Crippen LogP contribution in [0.15, 0.2) is 61.9 Å². The van der Waals surface area contributed by atoms with E-state index in [1.165, 1.54) is 23.0 Å². The highest BCUT2D eigenvalue weighted by Gasteiger charge is 2.33. The van der Waals surface area contributed by atoms with Gasteiger partial charge >= 0.3 is 11.9 Å². The molecular formula is C27H25BrN2O7S. The van der Waals surface area contributed by atoms with Gasteiger partial charge in [0.05, 0.1) is 40.0 Å². The number of aryl methyl sites for hydroxylation is 1. The van der Waals surface area contributed by atoms with Crippen LogP contribution in [0.25, 0.3) is 6.08 Å². The topological polar surface area (TPSA) is 116 Å². The van der Waals surface area contributed by atoms with E-state index in [1.807, 2.05) is 31.2 Å². The Bertz CT molecular complexity index is 1620. The standard InChI is InChI=1S/C27H25BrN2O7S/c1-5-36-26(34)22-15(3)29-27-30(23(22)17-8-6-14(2)7-9-17)25(33)20(38-27)12-16-10-18(28)24(19(11-16)35-4)37-13-21(31)32/h6-12,23H,5,13H2,1-4H3,(H,31,32)/b20-12+/t23-/m1/s1. The maximum atomic E-state index is 13.8. The molecular weight excluding hydrogens is 576 g/mol. The van der Waals surface area contributed by atoms with E-state index in [-0.39, 0.29) is 17.9 Å². The van der Waals surface area contributed by atoms with Crippen LogP contribution in [0.4, 0.5) is 0 Å². The molecule has 1 aliphatic rings. The second-order valence-corrected chi connectivity index (χ2v) is 10.3. The Morgan fingerprint density at radius 1 is 1.21 bits per heavy atom. The summed E-state index contributed by atoms with van der Waals surface area (Å²) < 4.78 is 18.4. The van der Waals surface area contributed by atoms with Crippen LogP contribution < -0.4 is 24.4 Å². The largest absolute Gasteiger partial charge is 0.493 e. The number of carbonyl (C=O) groups is 2. The van der Waals surface area contributed by atoms with Crippen molar-refractivity contribution in [3.63, 3.8) is 0 Å². The molecule has 1 atom stereocenters. The molecule has 9 nitrogen and oxygen atoms in total. The Labute approximate surface area is 230 Å². The molecule has 4 rings (SSSR count). The average molecular weight is 601 g/mol. The van der Waals surface area contributed by atoms with Crippen LogP contribution in [0.1, 0.15) is 36.6 Å². The molecule has 0 fully saturated rings. The summed E-state index contributed by atoms with van der Waals surface area (Å²) in [7, 11) is 1.44. The van der Waals surface area contributed by atoms with Gasteiger partial charge in [-0.25, -0.2) is 14.6 Å². The first kappa shape index (κ1) is 27.3. The zero-order valence-electron chi connectivity index (χ0n) is 21.1. The molecule has 1 aromatic heterocycles. The Kier molecular flexibility index (Phi) is 8.17. The Morgan fingerprint density at radius 2 is 1.92 bits per heavy atom. The molecule has 0 unspecified atom stereocenters. The summed E-state index contributed by atoms with van der Waals surface area (Å²) in [5.74, 6) is -1.09. The molecule has 11 heteroatoms. The van der Waals surface area contributed by atoms with Crippen molar-refractivity contribution in [1.82, 2.24) is 4.57 Å². The summed E-state index contributed by atoms with van der Waals surface area (Å²) in [6, 6.07) is 10.3. The number of aromatic nitrogens is 1. The highest BCUT2D eigenvalue weighted by atomic mass is 79.9. The van der Waals surface area contributed by atoms with E-state index in [0.29, 0.717) is 36.4 Å². The number of nitrogens with zero attached hydrogens (tertiary/aromatic N) is 2. The smallest absolute Gasteiger partial charge is 0.341 e. The third kappa shape index (κ3) is 5.44. The summed E-state index contributed by atoms with van der Waals surface area (Å²) >= 11 is 4.60. The summed E-state index contributed by atoms with van der Waals surface area (Å²) in [6.45, 7) is 5.10. The molecule has 1 N–H and O–H groups in total. The van der Waals surface area contributed by atoms with Gasteiger partial charge in [0.1, 0.15) is 0 Å². The number of carboxylic acids is 1. The lowest BCUT2D eigenvalue weighted by atomic mass is 9.95.